The number of H-pyrrole nitrogens is 1. The summed E-state index contributed by atoms with van der Waals surface area (Å²) in [5.74, 6) is 0.666. The van der Waals surface area contributed by atoms with Crippen LogP contribution < -0.4 is 5.32 Å². The summed E-state index contributed by atoms with van der Waals surface area (Å²) in [7, 11) is 0. The Balaban J connectivity index is 2.27. The van der Waals surface area contributed by atoms with Gasteiger partial charge in [-0.3, -0.25) is 4.79 Å². The van der Waals surface area contributed by atoms with Crippen LogP contribution in [0.1, 0.15) is 17.3 Å². The number of rotatable bonds is 4. The van der Waals surface area contributed by atoms with E-state index in [4.69, 9.17) is 5.11 Å². The van der Waals surface area contributed by atoms with Crippen molar-refractivity contribution < 1.29 is 9.90 Å². The number of anilines is 1. The lowest BCUT2D eigenvalue weighted by Crippen LogP contribution is -2.07. The molecule has 0 aliphatic heterocycles. The van der Waals surface area contributed by atoms with E-state index >= 15 is 0 Å². The van der Waals surface area contributed by atoms with E-state index in [1.807, 2.05) is 12.1 Å². The Hall–Kier alpha value is -2.47. The molecule has 3 aromatic rings. The van der Waals surface area contributed by atoms with Gasteiger partial charge < -0.3 is 15.4 Å². The van der Waals surface area contributed by atoms with Gasteiger partial charge in [-0.2, -0.15) is 0 Å². The number of ketones is 1. The molecule has 20 heavy (non-hydrogen) atoms. The lowest BCUT2D eigenvalue weighted by molar-refractivity contribution is 0.101. The molecule has 0 radical (unpaired) electrons. The van der Waals surface area contributed by atoms with Gasteiger partial charge in [0.15, 0.2) is 5.78 Å². The molecule has 1 aromatic carbocycles. The summed E-state index contributed by atoms with van der Waals surface area (Å²) in [6, 6.07) is 5.49. The highest BCUT2D eigenvalue weighted by Crippen LogP contribution is 2.29. The first-order valence-corrected chi connectivity index (χ1v) is 6.33. The second-order valence-electron chi connectivity index (χ2n) is 4.54. The maximum Gasteiger partial charge on any atom is 0.159 e. The Kier molecular flexibility index (Phi) is 3.08. The summed E-state index contributed by atoms with van der Waals surface area (Å²) in [5, 5.41) is 13.7. The summed E-state index contributed by atoms with van der Waals surface area (Å²) < 4.78 is 0. The van der Waals surface area contributed by atoms with Crippen molar-refractivity contribution in [2.45, 2.75) is 6.92 Å². The number of aromatic nitrogens is 3. The molecule has 0 saturated carbocycles. The molecule has 0 aliphatic rings. The van der Waals surface area contributed by atoms with Gasteiger partial charge in [-0.25, -0.2) is 9.97 Å². The third-order valence-electron chi connectivity index (χ3n) is 3.20. The van der Waals surface area contributed by atoms with Crippen molar-refractivity contribution in [1.82, 2.24) is 15.0 Å². The third-order valence-corrected chi connectivity index (χ3v) is 3.20. The second-order valence-corrected chi connectivity index (χ2v) is 4.54. The van der Waals surface area contributed by atoms with E-state index in [1.165, 1.54) is 13.3 Å². The van der Waals surface area contributed by atoms with Gasteiger partial charge in [0.05, 0.1) is 12.0 Å². The van der Waals surface area contributed by atoms with Gasteiger partial charge in [-0.1, -0.05) is 0 Å². The van der Waals surface area contributed by atoms with Crippen molar-refractivity contribution in [3.8, 4) is 0 Å². The molecular weight excluding hydrogens is 256 g/mol. The molecule has 102 valence electrons. The number of fused-ring (bicyclic) bond motifs is 3. The largest absolute Gasteiger partial charge is 0.395 e. The molecule has 3 N–H and O–H groups in total. The van der Waals surface area contributed by atoms with Crippen LogP contribution in [0.3, 0.4) is 0 Å². The zero-order valence-corrected chi connectivity index (χ0v) is 11.0. The summed E-state index contributed by atoms with van der Waals surface area (Å²) in [6.07, 6.45) is 1.46. The predicted molar refractivity (Wildman–Crippen MR) is 77.0 cm³/mol. The van der Waals surface area contributed by atoms with Crippen molar-refractivity contribution in [3.63, 3.8) is 0 Å². The van der Waals surface area contributed by atoms with Crippen LogP contribution >= 0.6 is 0 Å². The van der Waals surface area contributed by atoms with Gasteiger partial charge in [0, 0.05) is 23.0 Å². The molecule has 0 amide bonds. The maximum absolute atomic E-state index is 11.5. The smallest absolute Gasteiger partial charge is 0.159 e. The number of nitrogens with zero attached hydrogens (tertiary/aromatic N) is 2. The fourth-order valence-electron chi connectivity index (χ4n) is 2.25. The van der Waals surface area contributed by atoms with E-state index in [2.05, 4.69) is 20.3 Å². The number of carbonyl (C=O) groups is 1. The van der Waals surface area contributed by atoms with Crippen LogP contribution in [0, 0.1) is 0 Å². The van der Waals surface area contributed by atoms with Crippen molar-refractivity contribution in [2.24, 2.45) is 0 Å². The molecule has 2 heterocycles. The highest BCUT2D eigenvalue weighted by atomic mass is 16.3. The monoisotopic (exact) mass is 270 g/mol. The topological polar surface area (TPSA) is 90.9 Å². The standard InChI is InChI=1S/C14H14N4O2/c1-8(20)9-2-3-11-10(6-9)12-13(15-4-5-19)16-7-17-14(12)18-11/h2-3,6-7,19H,4-5H2,1H3,(H2,15,16,17,18). The number of nitrogens with one attached hydrogen (secondary N) is 2. The summed E-state index contributed by atoms with van der Waals surface area (Å²) in [4.78, 5) is 23.1. The summed E-state index contributed by atoms with van der Waals surface area (Å²) >= 11 is 0. The quantitative estimate of drug-likeness (QED) is 0.628. The molecule has 0 saturated heterocycles. The maximum atomic E-state index is 11.5. The fraction of sp³-hybridized carbons (Fsp3) is 0.214. The van der Waals surface area contributed by atoms with E-state index in [-0.39, 0.29) is 12.4 Å². The number of aromatic amines is 1. The van der Waals surface area contributed by atoms with Crippen molar-refractivity contribution in [3.05, 3.63) is 30.1 Å². The Morgan fingerprint density at radius 3 is 3.00 bits per heavy atom. The van der Waals surface area contributed by atoms with Gasteiger partial charge in [0.1, 0.15) is 17.8 Å². The van der Waals surface area contributed by atoms with Gasteiger partial charge in [0.25, 0.3) is 0 Å². The third kappa shape index (κ3) is 2.00. The van der Waals surface area contributed by atoms with Crippen molar-refractivity contribution >= 4 is 33.5 Å². The van der Waals surface area contributed by atoms with Crippen LogP contribution in [-0.2, 0) is 0 Å². The predicted octanol–water partition coefficient (Wildman–Crippen LogP) is 1.72. The van der Waals surface area contributed by atoms with Gasteiger partial charge in [-0.15, -0.1) is 0 Å². The van der Waals surface area contributed by atoms with Crippen LogP contribution in [0.25, 0.3) is 21.9 Å². The van der Waals surface area contributed by atoms with Crippen molar-refractivity contribution in [2.75, 3.05) is 18.5 Å². The molecule has 0 atom stereocenters. The van der Waals surface area contributed by atoms with Gasteiger partial charge >= 0.3 is 0 Å². The molecule has 0 spiro atoms. The molecule has 0 fully saturated rings. The van der Waals surface area contributed by atoms with E-state index in [0.717, 1.165) is 16.3 Å². The minimum Gasteiger partial charge on any atom is -0.395 e. The molecular formula is C14H14N4O2. The lowest BCUT2D eigenvalue weighted by atomic mass is 10.1. The SMILES string of the molecule is CC(=O)c1ccc2[nH]c3ncnc(NCCO)c3c2c1. The molecule has 6 heteroatoms. The number of Topliss-reactive ketones (excluding diaryl/α,β-unsaturated/α-hetero) is 1. The van der Waals surface area contributed by atoms with E-state index in [1.54, 1.807) is 6.07 Å². The van der Waals surface area contributed by atoms with Crippen LogP contribution in [0.2, 0.25) is 0 Å². The number of hydrogen-bond acceptors (Lipinski definition) is 5. The molecule has 3 rings (SSSR count). The Morgan fingerprint density at radius 1 is 1.40 bits per heavy atom. The molecule has 0 bridgehead atoms. The zero-order valence-electron chi connectivity index (χ0n) is 11.0. The number of carbonyl (C=O) groups excluding carboxylic acids is 1. The van der Waals surface area contributed by atoms with E-state index in [9.17, 15) is 4.79 Å². The lowest BCUT2D eigenvalue weighted by Gasteiger charge is -2.04. The summed E-state index contributed by atoms with van der Waals surface area (Å²) in [5.41, 5.74) is 2.25. The number of aliphatic hydroxyl groups excluding tert-OH is 1. The zero-order chi connectivity index (χ0) is 14.1. The van der Waals surface area contributed by atoms with Gasteiger partial charge in [-0.05, 0) is 25.1 Å². The number of benzene rings is 1. The van der Waals surface area contributed by atoms with Crippen LogP contribution in [0.15, 0.2) is 24.5 Å². The minimum atomic E-state index is 0.0166. The van der Waals surface area contributed by atoms with E-state index in [0.29, 0.717) is 23.6 Å². The highest BCUT2D eigenvalue weighted by molar-refractivity contribution is 6.13. The Labute approximate surface area is 114 Å². The minimum absolute atomic E-state index is 0.0166. The Bertz CT molecular complexity index is 794. The van der Waals surface area contributed by atoms with Crippen LogP contribution in [0.5, 0.6) is 0 Å². The first-order valence-electron chi connectivity index (χ1n) is 6.33. The number of aliphatic hydroxyl groups is 1. The second kappa shape index (κ2) is 4.90. The molecule has 0 aliphatic carbocycles. The average molecular weight is 270 g/mol. The fourth-order valence-corrected chi connectivity index (χ4v) is 2.25. The molecule has 6 nitrogen and oxygen atoms in total. The average Bonchev–Trinajstić information content (AvgIpc) is 2.83. The van der Waals surface area contributed by atoms with Gasteiger partial charge in [0.2, 0.25) is 0 Å². The highest BCUT2D eigenvalue weighted by Gasteiger charge is 2.12. The number of hydrogen-bond donors (Lipinski definition) is 3. The summed E-state index contributed by atoms with van der Waals surface area (Å²) in [6.45, 7) is 1.97. The Morgan fingerprint density at radius 2 is 2.25 bits per heavy atom. The van der Waals surface area contributed by atoms with Crippen molar-refractivity contribution in [1.29, 1.82) is 0 Å². The van der Waals surface area contributed by atoms with E-state index < -0.39 is 0 Å². The first-order chi connectivity index (χ1) is 9.70. The van der Waals surface area contributed by atoms with Crippen LogP contribution in [-0.4, -0.2) is 39.0 Å². The van der Waals surface area contributed by atoms with Crippen LogP contribution in [0.4, 0.5) is 5.82 Å². The molecule has 2 aromatic heterocycles. The first kappa shape index (κ1) is 12.6. The molecule has 0 unspecified atom stereocenters. The normalized spacial score (nSPS) is 11.1.